The Bertz CT molecular complexity index is 5190. The van der Waals surface area contributed by atoms with Crippen LogP contribution in [0.2, 0.25) is 34.8 Å². The van der Waals surface area contributed by atoms with E-state index in [1.165, 1.54) is 17.4 Å². The number of hydrogen-bond donors (Lipinski definition) is 1. The SMILES string of the molecule is Cc1ncsc1-c1ccc(CNC(=O)[C@@H]2C[C@@H](O[Si](C)(C)C(C)(C)C)CN2C(=O)C(c2cc(OCC3CCN(C[C@@]4(COc5nc(N6CC7CCC(C6)N7C(=O)OC(C)(C)C)c6c(n5)sc5c(-c7c8cnn(C9CCCCO9)c8cc8ccc(F)c(C#C[Si](C(C)C)(C(C)C)C(C)C)c78)nccc56)CC4(F)F)CC3)no2)C(C)C)cc1. The molecule has 11 heterocycles. The third-order valence-electron chi connectivity index (χ3n) is 26.0. The number of ether oxygens (including phenoxy) is 4. The number of nitrogens with zero attached hydrogens (tertiary/aromatic N) is 11. The maximum atomic E-state index is 17.3. The summed E-state index contributed by atoms with van der Waals surface area (Å²) in [6.07, 6.45) is 8.18. The lowest BCUT2D eigenvalue weighted by Crippen LogP contribution is -2.57. The van der Waals surface area contributed by atoms with Crippen molar-refractivity contribution in [2.75, 3.05) is 64.0 Å². The fraction of sp³-hybridized carbons (Fsp3) is 0.580. The summed E-state index contributed by atoms with van der Waals surface area (Å²) in [5, 5.41) is 16.1. The summed E-state index contributed by atoms with van der Waals surface area (Å²) in [7, 11) is -4.71. The summed E-state index contributed by atoms with van der Waals surface area (Å²) in [5.41, 5.74) is 9.70. The molecule has 1 N–H and O–H groups in total. The quantitative estimate of drug-likeness (QED) is 0.0465. The van der Waals surface area contributed by atoms with Crippen molar-refractivity contribution < 1.29 is 55.5 Å². The number of amides is 3. The Morgan fingerprint density at radius 2 is 1.55 bits per heavy atom. The average molecular weight is 1660 g/mol. The van der Waals surface area contributed by atoms with Crippen LogP contribution in [-0.2, 0) is 30.0 Å². The second-order valence-corrected chi connectivity index (χ2v) is 49.5. The smallest absolute Gasteiger partial charge is 0.410 e. The minimum absolute atomic E-state index is 0.0392. The summed E-state index contributed by atoms with van der Waals surface area (Å²) in [6, 6.07) is 15.9. The molecule has 5 saturated heterocycles. The number of halogens is 3. The molecule has 5 aliphatic heterocycles. The van der Waals surface area contributed by atoms with Gasteiger partial charge < -0.3 is 47.9 Å². The summed E-state index contributed by atoms with van der Waals surface area (Å²) in [4.78, 5) is 73.0. The molecule has 15 rings (SSSR count). The molecule has 116 heavy (non-hydrogen) atoms. The van der Waals surface area contributed by atoms with Gasteiger partial charge in [0.1, 0.15) is 48.7 Å². The zero-order valence-corrected chi connectivity index (χ0v) is 73.9. The number of pyridine rings is 1. The number of rotatable bonds is 23. The van der Waals surface area contributed by atoms with Crippen LogP contribution in [-0.4, -0.2) is 179 Å². The molecule has 6 aromatic heterocycles. The van der Waals surface area contributed by atoms with Gasteiger partial charge in [0.15, 0.2) is 20.3 Å². The molecule has 7 atom stereocenters. The lowest BCUT2D eigenvalue weighted by atomic mass is 9.91. The third kappa shape index (κ3) is 16.1. The molecule has 0 radical (unpaired) electrons. The molecule has 3 aromatic carbocycles. The van der Waals surface area contributed by atoms with Crippen molar-refractivity contribution in [2.24, 2.45) is 17.3 Å². The molecule has 1 saturated carbocycles. The zero-order chi connectivity index (χ0) is 82.5. The van der Waals surface area contributed by atoms with Crippen molar-refractivity contribution in [3.05, 3.63) is 101 Å². The van der Waals surface area contributed by atoms with Gasteiger partial charge in [-0.25, -0.2) is 27.6 Å². The van der Waals surface area contributed by atoms with Crippen LogP contribution in [0.15, 0.2) is 77.0 Å². The standard InChI is InChI=1S/C88H113F3N12O9S2Si2/c1-51(2)72(82(105)101-45-62(112-115(16,17)86(13,14)15)39-68(101)80(104)93-41-56-21-23-58(24-22-56)77-55(9)94-50-113-77)69-40-70(98-111-69)108-46-57-30-34-99(35-31-57)48-87(47-88(87,90)91)49-109-83-96-79(100-43-60-26-27-61(44-100)102(60)84(106)110-85(10,11)12)75-64-29-33-92-76(78(64)114-81(75)97-83)74-65-42-95-103(71-20-18-19-36-107-71)67(65)38-59-25-28-66(89)63(73(59)74)32-37-116(52(3)4,53(5)6)54(7)8/h21-25,28-29,33,38,40,42,50-54,57,60-62,68,71-72H,18-20,26-27,30-31,34-36,39,41,43-49H2,1-17H3,(H,93,104)/t60?,61?,62-,68+,71?,72?,87-/m1/s1. The number of alkyl halides is 2. The van der Waals surface area contributed by atoms with Crippen LogP contribution in [0.3, 0.4) is 0 Å². The topological polar surface area (TPSA) is 218 Å². The van der Waals surface area contributed by atoms with E-state index in [9.17, 15) is 9.59 Å². The first-order chi connectivity index (χ1) is 55.0. The Hall–Kier alpha value is -8.05. The second kappa shape index (κ2) is 32.2. The Morgan fingerprint density at radius 1 is 0.836 bits per heavy atom. The van der Waals surface area contributed by atoms with Gasteiger partial charge in [-0.3, -0.25) is 19.5 Å². The molecular formula is C88H113F3N12O9S2Si2. The molecule has 620 valence electrons. The van der Waals surface area contributed by atoms with Crippen LogP contribution < -0.4 is 19.7 Å². The molecule has 4 unspecified atom stereocenters. The lowest BCUT2D eigenvalue weighted by molar-refractivity contribution is -0.141. The van der Waals surface area contributed by atoms with E-state index in [0.717, 1.165) is 85.6 Å². The highest BCUT2D eigenvalue weighted by Gasteiger charge is 2.72. The van der Waals surface area contributed by atoms with Gasteiger partial charge >= 0.3 is 12.1 Å². The number of carbonyl (C=O) groups is 3. The fourth-order valence-corrected chi connectivity index (χ4v) is 27.3. The average Bonchev–Trinajstić information content (AvgIpc) is 1.54. The molecular weight excluding hydrogens is 1550 g/mol. The first-order valence-electron chi connectivity index (χ1n) is 41.7. The van der Waals surface area contributed by atoms with Gasteiger partial charge in [0.25, 0.3) is 11.8 Å². The van der Waals surface area contributed by atoms with Gasteiger partial charge in [0.05, 0.1) is 79.3 Å². The number of piperazine rings is 1. The molecule has 9 aromatic rings. The Labute approximate surface area is 689 Å². The first kappa shape index (κ1) is 83.0. The number of likely N-dealkylation sites (tertiary alicyclic amines) is 2. The van der Waals surface area contributed by atoms with Crippen molar-refractivity contribution >= 4 is 105 Å². The molecule has 1 aliphatic carbocycles. The lowest BCUT2D eigenvalue weighted by Gasteiger charge is -2.42. The van der Waals surface area contributed by atoms with E-state index in [4.69, 9.17) is 47.9 Å². The number of piperidine rings is 1. The van der Waals surface area contributed by atoms with E-state index in [1.807, 2.05) is 99.2 Å². The minimum Gasteiger partial charge on any atom is -0.475 e. The second-order valence-electron chi connectivity index (χ2n) is 37.3. The van der Waals surface area contributed by atoms with Gasteiger partial charge in [-0.2, -0.15) is 15.1 Å². The predicted molar refractivity (Wildman–Crippen MR) is 455 cm³/mol. The molecule has 28 heteroatoms. The Morgan fingerprint density at radius 3 is 2.19 bits per heavy atom. The number of benzene rings is 3. The molecule has 0 spiro atoms. The van der Waals surface area contributed by atoms with E-state index >= 15 is 18.0 Å². The van der Waals surface area contributed by atoms with Crippen molar-refractivity contribution in [1.29, 1.82) is 0 Å². The molecule has 2 bridgehead atoms. The first-order valence-corrected chi connectivity index (χ1v) is 48.6. The Kier molecular flexibility index (Phi) is 23.1. The van der Waals surface area contributed by atoms with Crippen LogP contribution in [0.4, 0.5) is 23.8 Å². The van der Waals surface area contributed by atoms with Crippen molar-refractivity contribution in [2.45, 2.75) is 251 Å². The van der Waals surface area contributed by atoms with Gasteiger partial charge in [-0.15, -0.1) is 28.2 Å². The minimum atomic E-state index is -3.03. The highest BCUT2D eigenvalue weighted by atomic mass is 32.1. The van der Waals surface area contributed by atoms with E-state index in [-0.39, 0.29) is 104 Å². The number of aryl methyl sites for hydroxylation is 1. The van der Waals surface area contributed by atoms with Crippen molar-refractivity contribution in [3.8, 4) is 45.1 Å². The Balaban J connectivity index is 0.675. The van der Waals surface area contributed by atoms with Crippen LogP contribution in [0.5, 0.6) is 11.9 Å². The van der Waals surface area contributed by atoms with Crippen LogP contribution in [0.25, 0.3) is 63.7 Å². The third-order valence-corrected chi connectivity index (χ3v) is 39.0. The highest BCUT2D eigenvalue weighted by Crippen LogP contribution is 2.61. The summed E-state index contributed by atoms with van der Waals surface area (Å²) in [6.45, 7) is 39.0. The maximum absolute atomic E-state index is 17.3. The number of nitrogens with one attached hydrogen (secondary N) is 1. The maximum Gasteiger partial charge on any atom is 0.410 e. The number of thiophene rings is 1. The van der Waals surface area contributed by atoms with E-state index in [2.05, 4.69) is 118 Å². The van der Waals surface area contributed by atoms with Gasteiger partial charge in [0.2, 0.25) is 11.8 Å². The number of hydrogen-bond acceptors (Lipinski definition) is 19. The van der Waals surface area contributed by atoms with Gasteiger partial charge in [-0.1, -0.05) is 112 Å². The number of thiazole rings is 1. The number of fused-ring (bicyclic) bond motifs is 7. The molecule has 6 aliphatic rings. The number of aromatic nitrogens is 7. The summed E-state index contributed by atoms with van der Waals surface area (Å²) in [5.74, 6) is -0.217. The largest absolute Gasteiger partial charge is 0.475 e. The zero-order valence-electron chi connectivity index (χ0n) is 70.3. The van der Waals surface area contributed by atoms with Crippen LogP contribution >= 0.6 is 22.7 Å². The van der Waals surface area contributed by atoms with Crippen LogP contribution in [0.1, 0.15) is 189 Å². The van der Waals surface area contributed by atoms with Gasteiger partial charge in [0, 0.05) is 86.2 Å². The normalized spacial score (nSPS) is 22.0. The van der Waals surface area contributed by atoms with Crippen molar-refractivity contribution in [1.82, 2.24) is 54.9 Å². The fourth-order valence-electron chi connectivity index (χ4n) is 18.7. The molecule has 21 nitrogen and oxygen atoms in total. The van der Waals surface area contributed by atoms with Gasteiger partial charge in [-0.05, 0) is 172 Å². The molecule has 3 amide bonds. The number of anilines is 1. The van der Waals surface area contributed by atoms with Crippen molar-refractivity contribution in [3.63, 3.8) is 0 Å². The summed E-state index contributed by atoms with van der Waals surface area (Å²) >= 11 is 2.99. The van der Waals surface area contributed by atoms with Crippen LogP contribution in [0, 0.1) is 41.5 Å². The predicted octanol–water partition coefficient (Wildman–Crippen LogP) is 19.1. The molecule has 6 fully saturated rings. The summed E-state index contributed by atoms with van der Waals surface area (Å²) < 4.78 is 91.0. The van der Waals surface area contributed by atoms with E-state index in [0.29, 0.717) is 114 Å². The number of carbonyl (C=O) groups excluding carboxylic acids is 3. The highest BCUT2D eigenvalue weighted by molar-refractivity contribution is 7.26. The monoisotopic (exact) mass is 1660 g/mol. The van der Waals surface area contributed by atoms with E-state index in [1.54, 1.807) is 28.5 Å². The van der Waals surface area contributed by atoms with E-state index < -0.39 is 51.1 Å².